The van der Waals surface area contributed by atoms with Crippen molar-refractivity contribution in [1.82, 2.24) is 29.8 Å². The van der Waals surface area contributed by atoms with Crippen LogP contribution in [0, 0.1) is 0 Å². The molecule has 0 saturated carbocycles. The molecule has 0 unspecified atom stereocenters. The van der Waals surface area contributed by atoms with Crippen molar-refractivity contribution in [3.05, 3.63) is 69.2 Å². The third kappa shape index (κ3) is 4.42. The minimum atomic E-state index is -1.10. The van der Waals surface area contributed by atoms with Crippen LogP contribution in [0.5, 0.6) is 0 Å². The van der Waals surface area contributed by atoms with Crippen LogP contribution in [0.25, 0.3) is 33.7 Å². The summed E-state index contributed by atoms with van der Waals surface area (Å²) in [5.74, 6) is 0.707. The molecule has 0 spiro atoms. The van der Waals surface area contributed by atoms with Crippen molar-refractivity contribution >= 4 is 44.5 Å². The van der Waals surface area contributed by atoms with Gasteiger partial charge in [0.15, 0.2) is 10.8 Å². The Morgan fingerprint density at radius 2 is 1.97 bits per heavy atom. The van der Waals surface area contributed by atoms with Gasteiger partial charge in [-0.3, -0.25) is 0 Å². The van der Waals surface area contributed by atoms with Crippen molar-refractivity contribution in [3.63, 3.8) is 0 Å². The Labute approximate surface area is 219 Å². The van der Waals surface area contributed by atoms with Gasteiger partial charge in [-0.15, -0.1) is 10.2 Å². The summed E-state index contributed by atoms with van der Waals surface area (Å²) >= 11 is 9.92. The number of hydrogen-bond acceptors (Lipinski definition) is 6. The molecule has 5 aromatic rings. The second-order valence-corrected chi connectivity index (χ2v) is 9.54. The number of unbranched alkanes of at least 4 members (excludes halogenated alkanes) is 1. The smallest absolute Gasteiger partial charge is 0.355 e. The van der Waals surface area contributed by atoms with Gasteiger partial charge in [0.05, 0.1) is 11.5 Å². The van der Waals surface area contributed by atoms with Crippen LogP contribution in [0.4, 0.5) is 0 Å². The van der Waals surface area contributed by atoms with E-state index in [1.54, 1.807) is 11.6 Å². The summed E-state index contributed by atoms with van der Waals surface area (Å²) in [6.45, 7) is 2.40. The van der Waals surface area contributed by atoms with Crippen LogP contribution in [0.3, 0.4) is 0 Å². The lowest BCUT2D eigenvalue weighted by Gasteiger charge is -2.10. The van der Waals surface area contributed by atoms with Gasteiger partial charge in [0.25, 0.3) is 0 Å². The van der Waals surface area contributed by atoms with Gasteiger partial charge < -0.3 is 14.1 Å². The lowest BCUT2D eigenvalue weighted by molar-refractivity contribution is 0.0685. The molecule has 0 amide bonds. The third-order valence-electron chi connectivity index (χ3n) is 5.91. The van der Waals surface area contributed by atoms with E-state index in [0.29, 0.717) is 36.0 Å². The largest absolute Gasteiger partial charge is 0.476 e. The van der Waals surface area contributed by atoms with Crippen molar-refractivity contribution in [2.24, 2.45) is 7.05 Å². The minimum absolute atomic E-state index is 0.000197. The molecule has 184 valence electrons. The highest BCUT2D eigenvalue weighted by Crippen LogP contribution is 2.41. The Morgan fingerprint density at radius 3 is 2.67 bits per heavy atom. The first-order chi connectivity index (χ1) is 17.4. The first-order valence-corrected chi connectivity index (χ1v) is 12.6. The fourth-order valence-electron chi connectivity index (χ4n) is 4.20. The molecule has 0 fully saturated rings. The molecule has 0 aliphatic carbocycles. The number of aromatic nitrogens is 6. The number of tetrazole rings is 1. The quantitative estimate of drug-likeness (QED) is 0.244. The van der Waals surface area contributed by atoms with Crippen molar-refractivity contribution in [2.45, 2.75) is 32.7 Å². The van der Waals surface area contributed by atoms with Gasteiger partial charge >= 0.3 is 5.97 Å². The summed E-state index contributed by atoms with van der Waals surface area (Å²) in [7, 11) is 1.72. The fraction of sp³-hybridized carbons (Fsp3) is 0.240. The number of carboxylic acid groups (broad SMARTS) is 1. The average molecular weight is 570 g/mol. The van der Waals surface area contributed by atoms with E-state index in [-0.39, 0.29) is 10.8 Å². The van der Waals surface area contributed by atoms with Crippen molar-refractivity contribution in [2.75, 3.05) is 0 Å². The van der Waals surface area contributed by atoms with Gasteiger partial charge in [0.2, 0.25) is 5.82 Å². The van der Waals surface area contributed by atoms with E-state index in [1.807, 2.05) is 42.5 Å². The van der Waals surface area contributed by atoms with Gasteiger partial charge in [-0.05, 0) is 45.3 Å². The zero-order valence-electron chi connectivity index (χ0n) is 19.6. The van der Waals surface area contributed by atoms with E-state index < -0.39 is 5.97 Å². The molecular formula is C25H22BrClN6O3. The molecule has 0 saturated heterocycles. The Kier molecular flexibility index (Phi) is 6.63. The summed E-state index contributed by atoms with van der Waals surface area (Å²) in [6.07, 6.45) is 2.51. The average Bonchev–Trinajstić information content (AvgIpc) is 3.53. The molecule has 5 rings (SSSR count). The zero-order chi connectivity index (χ0) is 25.4. The SMILES string of the molecule is CCCCc1nc(Cl)c(C(=O)O)n1Cc1ccc2oc(-c3ccccc3-c3nnn(C)n3)c(Br)c2c1. The number of rotatable bonds is 8. The van der Waals surface area contributed by atoms with Gasteiger partial charge in [-0.2, -0.15) is 4.80 Å². The van der Waals surface area contributed by atoms with E-state index in [9.17, 15) is 9.90 Å². The molecule has 3 heterocycles. The number of carboxylic acids is 1. The Morgan fingerprint density at radius 1 is 1.19 bits per heavy atom. The predicted molar refractivity (Wildman–Crippen MR) is 139 cm³/mol. The number of aromatic carboxylic acids is 1. The molecule has 1 N–H and O–H groups in total. The van der Waals surface area contributed by atoms with Crippen LogP contribution in [0.15, 0.2) is 51.4 Å². The molecule has 36 heavy (non-hydrogen) atoms. The highest BCUT2D eigenvalue weighted by molar-refractivity contribution is 9.10. The highest BCUT2D eigenvalue weighted by atomic mass is 79.9. The Balaban J connectivity index is 1.56. The van der Waals surface area contributed by atoms with Crippen LogP contribution in [-0.4, -0.2) is 40.8 Å². The van der Waals surface area contributed by atoms with Gasteiger partial charge in [0.1, 0.15) is 17.2 Å². The molecule has 0 bridgehead atoms. The van der Waals surface area contributed by atoms with Crippen LogP contribution < -0.4 is 0 Å². The van der Waals surface area contributed by atoms with Crippen LogP contribution in [-0.2, 0) is 20.0 Å². The number of nitrogens with zero attached hydrogens (tertiary/aromatic N) is 6. The normalized spacial score (nSPS) is 11.4. The summed E-state index contributed by atoms with van der Waals surface area (Å²) in [6, 6.07) is 13.5. The molecule has 0 radical (unpaired) electrons. The summed E-state index contributed by atoms with van der Waals surface area (Å²) in [5, 5.41) is 23.0. The van der Waals surface area contributed by atoms with Crippen molar-refractivity contribution < 1.29 is 14.3 Å². The number of benzene rings is 2. The van der Waals surface area contributed by atoms with Crippen LogP contribution >= 0.6 is 27.5 Å². The molecule has 0 aliphatic heterocycles. The number of furan rings is 1. The van der Waals surface area contributed by atoms with Gasteiger partial charge in [-0.1, -0.05) is 55.3 Å². The molecule has 2 aromatic carbocycles. The first kappa shape index (κ1) is 24.2. The molecule has 11 heteroatoms. The molecule has 0 aliphatic rings. The standard InChI is InChI=1S/C25H22BrClN6O3/c1-3-4-9-19-28-23(27)21(25(34)35)33(19)13-14-10-11-18-17(12-14)20(26)22(36-18)15-7-5-6-8-16(15)24-29-31-32(2)30-24/h5-8,10-12H,3-4,9,13H2,1-2H3,(H,34,35). The number of imidazole rings is 1. The maximum atomic E-state index is 11.9. The van der Waals surface area contributed by atoms with Crippen LogP contribution in [0.1, 0.15) is 41.6 Å². The molecule has 9 nitrogen and oxygen atoms in total. The van der Waals surface area contributed by atoms with E-state index in [0.717, 1.165) is 39.4 Å². The van der Waals surface area contributed by atoms with Gasteiger partial charge in [-0.25, -0.2) is 9.78 Å². The van der Waals surface area contributed by atoms with Crippen molar-refractivity contribution in [3.8, 4) is 22.7 Å². The Hall–Kier alpha value is -3.50. The predicted octanol–water partition coefficient (Wildman–Crippen LogP) is 5.99. The number of carbonyl (C=O) groups is 1. The summed E-state index contributed by atoms with van der Waals surface area (Å²) in [5.41, 5.74) is 3.21. The number of hydrogen-bond donors (Lipinski definition) is 1. The second kappa shape index (κ2) is 9.87. The number of aryl methyl sites for hydroxylation is 2. The number of halogens is 2. The van der Waals surface area contributed by atoms with E-state index >= 15 is 0 Å². The van der Waals surface area contributed by atoms with Crippen molar-refractivity contribution in [1.29, 1.82) is 0 Å². The lowest BCUT2D eigenvalue weighted by atomic mass is 10.0. The fourth-order valence-corrected chi connectivity index (χ4v) is 5.09. The molecule has 3 aromatic heterocycles. The number of fused-ring (bicyclic) bond motifs is 1. The molecular weight excluding hydrogens is 548 g/mol. The first-order valence-electron chi connectivity index (χ1n) is 11.4. The maximum Gasteiger partial charge on any atom is 0.355 e. The monoisotopic (exact) mass is 568 g/mol. The van der Waals surface area contributed by atoms with Crippen LogP contribution in [0.2, 0.25) is 5.15 Å². The molecule has 0 atom stereocenters. The minimum Gasteiger partial charge on any atom is -0.476 e. The topological polar surface area (TPSA) is 112 Å². The van der Waals surface area contributed by atoms with E-state index in [2.05, 4.69) is 43.2 Å². The highest BCUT2D eigenvalue weighted by Gasteiger charge is 2.23. The van der Waals surface area contributed by atoms with Gasteiger partial charge in [0, 0.05) is 29.5 Å². The Bertz CT molecular complexity index is 1590. The second-order valence-electron chi connectivity index (χ2n) is 8.39. The summed E-state index contributed by atoms with van der Waals surface area (Å²) in [4.78, 5) is 17.7. The lowest BCUT2D eigenvalue weighted by Crippen LogP contribution is -2.13. The summed E-state index contributed by atoms with van der Waals surface area (Å²) < 4.78 is 8.71. The third-order valence-corrected chi connectivity index (χ3v) is 6.96. The zero-order valence-corrected chi connectivity index (χ0v) is 21.9. The maximum absolute atomic E-state index is 11.9. The van der Waals surface area contributed by atoms with E-state index in [4.69, 9.17) is 16.0 Å². The van der Waals surface area contributed by atoms with E-state index in [1.165, 1.54) is 4.80 Å².